The van der Waals surface area contributed by atoms with E-state index in [1.165, 1.54) is 27.8 Å². The predicted octanol–water partition coefficient (Wildman–Crippen LogP) is 6.08. The lowest BCUT2D eigenvalue weighted by Gasteiger charge is -2.16. The number of carbonyl (C=O) groups excluding carboxylic acids is 1. The van der Waals surface area contributed by atoms with Gasteiger partial charge in [0.05, 0.1) is 6.61 Å². The van der Waals surface area contributed by atoms with Gasteiger partial charge in [-0.15, -0.1) is 0 Å². The molecule has 0 radical (unpaired) electrons. The number of esters is 1. The first kappa shape index (κ1) is 22.8. The minimum Gasteiger partial charge on any atom is -0.490 e. The fourth-order valence-corrected chi connectivity index (χ4v) is 4.13. The van der Waals surface area contributed by atoms with Crippen molar-refractivity contribution in [2.45, 2.75) is 32.8 Å². The molecule has 3 aromatic carbocycles. The van der Waals surface area contributed by atoms with Gasteiger partial charge < -0.3 is 14.2 Å². The highest BCUT2D eigenvalue weighted by atomic mass is 16.6. The van der Waals surface area contributed by atoms with E-state index in [0.29, 0.717) is 26.2 Å². The molecule has 33 heavy (non-hydrogen) atoms. The zero-order valence-electron chi connectivity index (χ0n) is 19.3. The van der Waals surface area contributed by atoms with Crippen molar-refractivity contribution in [2.75, 3.05) is 19.8 Å². The Morgan fingerprint density at radius 1 is 0.848 bits per heavy atom. The Morgan fingerprint density at radius 2 is 1.45 bits per heavy atom. The number of carbonyl (C=O) groups is 1. The summed E-state index contributed by atoms with van der Waals surface area (Å²) in [4.78, 5) is 12.2. The third-order valence-corrected chi connectivity index (χ3v) is 5.69. The van der Waals surface area contributed by atoms with Crippen molar-refractivity contribution in [3.63, 3.8) is 0 Å². The zero-order chi connectivity index (χ0) is 23.0. The maximum absolute atomic E-state index is 12.2. The first-order chi connectivity index (χ1) is 16.2. The minimum atomic E-state index is -0.583. The first-order valence-corrected chi connectivity index (χ1v) is 11.6. The molecule has 0 bridgehead atoms. The van der Waals surface area contributed by atoms with Crippen molar-refractivity contribution in [3.8, 4) is 16.9 Å². The summed E-state index contributed by atoms with van der Waals surface area (Å²) in [5.74, 6) is 0.486. The van der Waals surface area contributed by atoms with Crippen molar-refractivity contribution in [2.24, 2.45) is 0 Å². The summed E-state index contributed by atoms with van der Waals surface area (Å²) in [6, 6.07) is 24.8. The Balaban J connectivity index is 1.40. The van der Waals surface area contributed by atoms with Crippen LogP contribution < -0.4 is 4.74 Å². The van der Waals surface area contributed by atoms with Crippen molar-refractivity contribution in [3.05, 3.63) is 95.6 Å². The molecule has 0 spiro atoms. The molecule has 0 heterocycles. The van der Waals surface area contributed by atoms with Crippen LogP contribution in [0.4, 0.5) is 0 Å². The van der Waals surface area contributed by atoms with Gasteiger partial charge in [0.15, 0.2) is 6.10 Å². The van der Waals surface area contributed by atoms with Crippen LogP contribution in [0.15, 0.2) is 78.9 Å². The van der Waals surface area contributed by atoms with E-state index in [1.807, 2.05) is 38.1 Å². The average Bonchev–Trinajstić information content (AvgIpc) is 3.17. The quantitative estimate of drug-likeness (QED) is 0.279. The molecule has 0 fully saturated rings. The SMILES string of the molecule is CCCOC(=O)C(Cc1ccc(OCC=C2c3ccccc3-c3ccccc32)cc1)OCC. The van der Waals surface area contributed by atoms with Gasteiger partial charge in [-0.1, -0.05) is 67.6 Å². The maximum Gasteiger partial charge on any atom is 0.335 e. The Morgan fingerprint density at radius 3 is 2.03 bits per heavy atom. The molecule has 1 aliphatic carbocycles. The third-order valence-electron chi connectivity index (χ3n) is 5.69. The Kier molecular flexibility index (Phi) is 7.59. The minimum absolute atomic E-state index is 0.303. The van der Waals surface area contributed by atoms with Crippen molar-refractivity contribution >= 4 is 11.5 Å². The molecule has 0 aliphatic heterocycles. The molecular weight excluding hydrogens is 412 g/mol. The number of benzene rings is 3. The normalized spacial score (nSPS) is 12.6. The molecule has 0 saturated heterocycles. The van der Waals surface area contributed by atoms with Crippen LogP contribution in [0.25, 0.3) is 16.7 Å². The number of hydrogen-bond donors (Lipinski definition) is 0. The van der Waals surface area contributed by atoms with E-state index < -0.39 is 6.10 Å². The van der Waals surface area contributed by atoms with Crippen LogP contribution in [0.1, 0.15) is 37.0 Å². The second-order valence-corrected chi connectivity index (χ2v) is 7.98. The second kappa shape index (κ2) is 11.0. The van der Waals surface area contributed by atoms with E-state index in [1.54, 1.807) is 0 Å². The highest BCUT2D eigenvalue weighted by Crippen LogP contribution is 2.43. The van der Waals surface area contributed by atoms with Crippen LogP contribution in [0.2, 0.25) is 0 Å². The lowest BCUT2D eigenvalue weighted by atomic mass is 10.0. The highest BCUT2D eigenvalue weighted by molar-refractivity contribution is 6.01. The summed E-state index contributed by atoms with van der Waals surface area (Å²) in [7, 11) is 0. The van der Waals surface area contributed by atoms with Crippen LogP contribution in [-0.4, -0.2) is 31.9 Å². The number of fused-ring (bicyclic) bond motifs is 3. The fraction of sp³-hybridized carbons (Fsp3) is 0.276. The molecule has 0 N–H and O–H groups in total. The molecule has 0 amide bonds. The topological polar surface area (TPSA) is 44.8 Å². The Hall–Kier alpha value is -3.37. The van der Waals surface area contributed by atoms with E-state index in [2.05, 4.69) is 54.6 Å². The van der Waals surface area contributed by atoms with Crippen molar-refractivity contribution < 1.29 is 19.0 Å². The summed E-state index contributed by atoms with van der Waals surface area (Å²) in [5, 5.41) is 0. The molecular formula is C29H30O4. The van der Waals surface area contributed by atoms with Crippen LogP contribution in [0.5, 0.6) is 5.75 Å². The van der Waals surface area contributed by atoms with Crippen molar-refractivity contribution in [1.29, 1.82) is 0 Å². The summed E-state index contributed by atoms with van der Waals surface area (Å²) in [6.45, 7) is 5.21. The molecule has 1 aliphatic rings. The van der Waals surface area contributed by atoms with Gasteiger partial charge >= 0.3 is 5.97 Å². The smallest absolute Gasteiger partial charge is 0.335 e. The second-order valence-electron chi connectivity index (χ2n) is 7.98. The predicted molar refractivity (Wildman–Crippen MR) is 131 cm³/mol. The molecule has 1 atom stereocenters. The van der Waals surface area contributed by atoms with Crippen LogP contribution in [0.3, 0.4) is 0 Å². The van der Waals surface area contributed by atoms with Gasteiger partial charge in [-0.3, -0.25) is 0 Å². The van der Waals surface area contributed by atoms with Gasteiger partial charge in [0, 0.05) is 13.0 Å². The highest BCUT2D eigenvalue weighted by Gasteiger charge is 2.22. The van der Waals surface area contributed by atoms with Gasteiger partial charge in [0.1, 0.15) is 12.4 Å². The van der Waals surface area contributed by atoms with Crippen LogP contribution >= 0.6 is 0 Å². The molecule has 0 aromatic heterocycles. The summed E-state index contributed by atoms with van der Waals surface area (Å²) in [6.07, 6.45) is 2.84. The largest absolute Gasteiger partial charge is 0.490 e. The Bertz CT molecular complexity index is 1070. The van der Waals surface area contributed by atoms with Gasteiger partial charge in [-0.05, 0) is 64.9 Å². The number of hydrogen-bond acceptors (Lipinski definition) is 4. The first-order valence-electron chi connectivity index (χ1n) is 11.6. The summed E-state index contributed by atoms with van der Waals surface area (Å²) in [5.41, 5.74) is 7.24. The number of rotatable bonds is 10. The molecule has 4 nitrogen and oxygen atoms in total. The molecule has 1 unspecified atom stereocenters. The lowest BCUT2D eigenvalue weighted by molar-refractivity contribution is -0.156. The molecule has 170 valence electrons. The molecule has 4 rings (SSSR count). The standard InChI is InChI=1S/C29H30O4/c1-3-18-33-29(30)28(31-4-2)20-21-13-15-22(16-14-21)32-19-17-27-25-11-7-5-9-23(25)24-10-6-8-12-26(24)27/h5-17,28H,3-4,18-20H2,1-2H3. The van der Waals surface area contributed by atoms with Crippen molar-refractivity contribution in [1.82, 2.24) is 0 Å². The maximum atomic E-state index is 12.2. The fourth-order valence-electron chi connectivity index (χ4n) is 4.13. The third kappa shape index (κ3) is 5.35. The van der Waals surface area contributed by atoms with Gasteiger partial charge in [0.25, 0.3) is 0 Å². The summed E-state index contributed by atoms with van der Waals surface area (Å²) < 4.78 is 16.9. The van der Waals surface area contributed by atoms with E-state index >= 15 is 0 Å². The van der Waals surface area contributed by atoms with E-state index in [9.17, 15) is 4.79 Å². The van der Waals surface area contributed by atoms with E-state index in [4.69, 9.17) is 14.2 Å². The van der Waals surface area contributed by atoms with Gasteiger partial charge in [0.2, 0.25) is 0 Å². The van der Waals surface area contributed by atoms with Gasteiger partial charge in [-0.2, -0.15) is 0 Å². The van der Waals surface area contributed by atoms with E-state index in [-0.39, 0.29) is 5.97 Å². The van der Waals surface area contributed by atoms with Gasteiger partial charge in [-0.25, -0.2) is 4.79 Å². The van der Waals surface area contributed by atoms with Crippen LogP contribution in [0, 0.1) is 0 Å². The average molecular weight is 443 g/mol. The molecule has 4 heteroatoms. The summed E-state index contributed by atoms with van der Waals surface area (Å²) >= 11 is 0. The van der Waals surface area contributed by atoms with E-state index in [0.717, 1.165) is 17.7 Å². The molecule has 3 aromatic rings. The number of ether oxygens (including phenoxy) is 3. The molecule has 0 saturated carbocycles. The lowest BCUT2D eigenvalue weighted by Crippen LogP contribution is -2.29. The van der Waals surface area contributed by atoms with Crippen LogP contribution in [-0.2, 0) is 20.7 Å². The monoisotopic (exact) mass is 442 g/mol. The Labute approximate surface area is 195 Å². The zero-order valence-corrected chi connectivity index (χ0v) is 19.3.